The summed E-state index contributed by atoms with van der Waals surface area (Å²) in [5.41, 5.74) is 1.53. The molecule has 0 bridgehead atoms. The predicted octanol–water partition coefficient (Wildman–Crippen LogP) is 3.43. The zero-order chi connectivity index (χ0) is 16.5. The molecule has 0 atom stereocenters. The summed E-state index contributed by atoms with van der Waals surface area (Å²) >= 11 is 0. The van der Waals surface area contributed by atoms with Gasteiger partial charge in [0.2, 0.25) is 0 Å². The van der Waals surface area contributed by atoms with Crippen LogP contribution in [0, 0.1) is 0 Å². The maximum absolute atomic E-state index is 10.7. The molecule has 0 heterocycles. The van der Waals surface area contributed by atoms with Gasteiger partial charge >= 0.3 is 11.9 Å². The minimum absolute atomic E-state index is 0.0741. The molecule has 0 unspecified atom stereocenters. The molecular formula is C17H18O5. The third kappa shape index (κ3) is 5.28. The Labute approximate surface area is 128 Å². The van der Waals surface area contributed by atoms with Gasteiger partial charge in [-0.1, -0.05) is 31.5 Å². The number of hydrogen-bond donors (Lipinski definition) is 3. The van der Waals surface area contributed by atoms with Crippen LogP contribution in [0.3, 0.4) is 0 Å². The molecule has 3 N–H and O–H groups in total. The standard InChI is InChI=1S/C10H12O2.C7H6O3/c1-2-5-8-6-3-4-7-9(8)10(11)12;8-6-3-1-5(2-4-6)7(9)10/h3-4,6-7H,2,5H2,1H3,(H,11,12);1-4,8H,(H,9,10). The number of aromatic hydroxyl groups is 1. The highest BCUT2D eigenvalue weighted by atomic mass is 16.4. The van der Waals surface area contributed by atoms with E-state index in [1.54, 1.807) is 12.1 Å². The van der Waals surface area contributed by atoms with Crippen molar-refractivity contribution in [2.45, 2.75) is 19.8 Å². The molecule has 2 rings (SSSR count). The number of carboxylic acids is 2. The van der Waals surface area contributed by atoms with E-state index < -0.39 is 11.9 Å². The summed E-state index contributed by atoms with van der Waals surface area (Å²) < 4.78 is 0. The number of carbonyl (C=O) groups is 2. The number of rotatable bonds is 4. The van der Waals surface area contributed by atoms with E-state index in [0.717, 1.165) is 18.4 Å². The third-order valence-corrected chi connectivity index (χ3v) is 2.88. The molecule has 0 saturated heterocycles. The van der Waals surface area contributed by atoms with Crippen molar-refractivity contribution in [2.75, 3.05) is 0 Å². The Morgan fingerprint density at radius 2 is 1.50 bits per heavy atom. The Morgan fingerprint density at radius 1 is 0.909 bits per heavy atom. The largest absolute Gasteiger partial charge is 0.508 e. The molecule has 116 valence electrons. The maximum atomic E-state index is 10.7. The van der Waals surface area contributed by atoms with E-state index in [4.69, 9.17) is 15.3 Å². The van der Waals surface area contributed by atoms with Crippen LogP contribution in [0.25, 0.3) is 0 Å². The molecule has 0 spiro atoms. The van der Waals surface area contributed by atoms with Crippen molar-refractivity contribution in [3.8, 4) is 5.75 Å². The first-order valence-corrected chi connectivity index (χ1v) is 6.79. The Kier molecular flexibility index (Phi) is 6.63. The van der Waals surface area contributed by atoms with Crippen LogP contribution < -0.4 is 0 Å². The average Bonchev–Trinajstić information content (AvgIpc) is 2.49. The summed E-state index contributed by atoms with van der Waals surface area (Å²) in [7, 11) is 0. The van der Waals surface area contributed by atoms with E-state index in [1.165, 1.54) is 24.3 Å². The summed E-state index contributed by atoms with van der Waals surface area (Å²) in [5.74, 6) is -1.75. The lowest BCUT2D eigenvalue weighted by Gasteiger charge is -2.02. The molecule has 0 aliphatic rings. The van der Waals surface area contributed by atoms with Crippen molar-refractivity contribution in [1.82, 2.24) is 0 Å². The molecule has 0 aromatic heterocycles. The van der Waals surface area contributed by atoms with Crippen molar-refractivity contribution >= 4 is 11.9 Å². The smallest absolute Gasteiger partial charge is 0.335 e. The zero-order valence-electron chi connectivity index (χ0n) is 12.2. The van der Waals surface area contributed by atoms with Crippen molar-refractivity contribution in [1.29, 1.82) is 0 Å². The van der Waals surface area contributed by atoms with E-state index in [9.17, 15) is 9.59 Å². The SMILES string of the molecule is CCCc1ccccc1C(=O)O.O=C(O)c1ccc(O)cc1. The second kappa shape index (κ2) is 8.46. The first-order valence-electron chi connectivity index (χ1n) is 6.79. The second-order valence-corrected chi connectivity index (χ2v) is 4.56. The molecule has 22 heavy (non-hydrogen) atoms. The summed E-state index contributed by atoms with van der Waals surface area (Å²) in [5, 5.41) is 25.9. The molecule has 0 fully saturated rings. The van der Waals surface area contributed by atoms with Gasteiger partial charge in [-0.05, 0) is 42.3 Å². The van der Waals surface area contributed by atoms with E-state index >= 15 is 0 Å². The fourth-order valence-electron chi connectivity index (χ4n) is 1.82. The fraction of sp³-hybridized carbons (Fsp3) is 0.176. The highest BCUT2D eigenvalue weighted by Crippen LogP contribution is 2.10. The van der Waals surface area contributed by atoms with Crippen molar-refractivity contribution < 1.29 is 24.9 Å². The fourth-order valence-corrected chi connectivity index (χ4v) is 1.82. The monoisotopic (exact) mass is 302 g/mol. The molecule has 5 nitrogen and oxygen atoms in total. The van der Waals surface area contributed by atoms with Gasteiger partial charge in [0, 0.05) is 0 Å². The Bertz CT molecular complexity index is 632. The number of benzene rings is 2. The molecule has 5 heteroatoms. The van der Waals surface area contributed by atoms with Crippen LogP contribution in [-0.4, -0.2) is 27.3 Å². The number of phenolic OH excluding ortho intramolecular Hbond substituents is 1. The number of phenols is 1. The summed E-state index contributed by atoms with van der Waals surface area (Å²) in [6, 6.07) is 12.5. The van der Waals surface area contributed by atoms with E-state index in [-0.39, 0.29) is 11.3 Å². The summed E-state index contributed by atoms with van der Waals surface area (Å²) in [4.78, 5) is 20.9. The van der Waals surface area contributed by atoms with Crippen LogP contribution in [0.1, 0.15) is 39.6 Å². The average molecular weight is 302 g/mol. The lowest BCUT2D eigenvalue weighted by molar-refractivity contribution is 0.0685. The number of aryl methyl sites for hydroxylation is 1. The van der Waals surface area contributed by atoms with Crippen LogP contribution in [0.4, 0.5) is 0 Å². The van der Waals surface area contributed by atoms with Crippen molar-refractivity contribution in [3.05, 3.63) is 65.2 Å². The molecule has 0 aliphatic heterocycles. The molecule has 2 aromatic carbocycles. The molecule has 0 aliphatic carbocycles. The van der Waals surface area contributed by atoms with Gasteiger partial charge in [0.05, 0.1) is 11.1 Å². The highest BCUT2D eigenvalue weighted by molar-refractivity contribution is 5.89. The van der Waals surface area contributed by atoms with Crippen LogP contribution in [0.15, 0.2) is 48.5 Å². The summed E-state index contributed by atoms with van der Waals surface area (Å²) in [6.45, 7) is 2.04. The number of aromatic carboxylic acids is 2. The van der Waals surface area contributed by atoms with Crippen LogP contribution in [0.5, 0.6) is 5.75 Å². The lowest BCUT2D eigenvalue weighted by atomic mass is 10.0. The molecule has 0 saturated carbocycles. The Hall–Kier alpha value is -2.82. The van der Waals surface area contributed by atoms with Crippen LogP contribution in [0.2, 0.25) is 0 Å². The maximum Gasteiger partial charge on any atom is 0.335 e. The van der Waals surface area contributed by atoms with Gasteiger partial charge in [0.25, 0.3) is 0 Å². The van der Waals surface area contributed by atoms with Gasteiger partial charge in [0.15, 0.2) is 0 Å². The van der Waals surface area contributed by atoms with E-state index in [2.05, 4.69) is 0 Å². The molecule has 0 amide bonds. The van der Waals surface area contributed by atoms with Gasteiger partial charge in [-0.3, -0.25) is 0 Å². The van der Waals surface area contributed by atoms with Gasteiger partial charge in [-0.25, -0.2) is 9.59 Å². The van der Waals surface area contributed by atoms with Crippen LogP contribution in [-0.2, 0) is 6.42 Å². The first-order chi connectivity index (χ1) is 10.5. The minimum atomic E-state index is -0.986. The van der Waals surface area contributed by atoms with Crippen molar-refractivity contribution in [3.63, 3.8) is 0 Å². The number of hydrogen-bond acceptors (Lipinski definition) is 3. The molecular weight excluding hydrogens is 284 g/mol. The van der Waals surface area contributed by atoms with Crippen LogP contribution >= 0.6 is 0 Å². The van der Waals surface area contributed by atoms with Gasteiger partial charge in [-0.2, -0.15) is 0 Å². The van der Waals surface area contributed by atoms with Gasteiger partial charge in [-0.15, -0.1) is 0 Å². The van der Waals surface area contributed by atoms with E-state index in [0.29, 0.717) is 5.56 Å². The Balaban J connectivity index is 0.000000224. The van der Waals surface area contributed by atoms with Gasteiger partial charge < -0.3 is 15.3 Å². The summed E-state index contributed by atoms with van der Waals surface area (Å²) in [6.07, 6.45) is 1.81. The topological polar surface area (TPSA) is 94.8 Å². The third-order valence-electron chi connectivity index (χ3n) is 2.88. The van der Waals surface area contributed by atoms with Crippen molar-refractivity contribution in [2.24, 2.45) is 0 Å². The highest BCUT2D eigenvalue weighted by Gasteiger charge is 2.06. The lowest BCUT2D eigenvalue weighted by Crippen LogP contribution is -2.01. The van der Waals surface area contributed by atoms with Gasteiger partial charge in [0.1, 0.15) is 5.75 Å². The zero-order valence-corrected chi connectivity index (χ0v) is 12.2. The minimum Gasteiger partial charge on any atom is -0.508 e. The quantitative estimate of drug-likeness (QED) is 0.804. The molecule has 2 aromatic rings. The predicted molar refractivity (Wildman–Crippen MR) is 82.5 cm³/mol. The Morgan fingerprint density at radius 3 is 2.00 bits per heavy atom. The van der Waals surface area contributed by atoms with E-state index in [1.807, 2.05) is 19.1 Å². The molecule has 0 radical (unpaired) electrons. The number of carboxylic acid groups (broad SMARTS) is 2. The normalized spacial score (nSPS) is 9.50. The first kappa shape index (κ1) is 17.2. The second-order valence-electron chi connectivity index (χ2n) is 4.56.